The highest BCUT2D eigenvalue weighted by atomic mass is 32.1. The molecular weight excluding hydrogens is 231 g/mol. The van der Waals surface area contributed by atoms with Crippen molar-refractivity contribution in [3.63, 3.8) is 0 Å². The molecule has 4 nitrogen and oxygen atoms in total. The van der Waals surface area contributed by atoms with Crippen molar-refractivity contribution in [2.24, 2.45) is 0 Å². The van der Waals surface area contributed by atoms with E-state index in [1.165, 1.54) is 9.95 Å². The summed E-state index contributed by atoms with van der Waals surface area (Å²) in [6.07, 6.45) is 0.757. The normalized spacial score (nSPS) is 22.4. The number of hydrogen-bond acceptors (Lipinski definition) is 4. The Balaban J connectivity index is 1.90. The first kappa shape index (κ1) is 11.6. The lowest BCUT2D eigenvalue weighted by atomic mass is 10.1. The smallest absolute Gasteiger partial charge is 0.310 e. The number of hydrogen-bond donors (Lipinski definition) is 1. The Hall–Kier alpha value is -0.880. The van der Waals surface area contributed by atoms with Crippen LogP contribution in [0.3, 0.4) is 0 Å². The second kappa shape index (κ2) is 4.97. The molecule has 0 aliphatic carbocycles. The van der Waals surface area contributed by atoms with Crippen LogP contribution in [0.2, 0.25) is 0 Å². The molecule has 1 unspecified atom stereocenters. The number of nitrogens with zero attached hydrogens (tertiary/aromatic N) is 2. The Kier molecular flexibility index (Phi) is 3.60. The molecule has 1 aromatic heterocycles. The number of halogens is 1. The molecule has 1 atom stereocenters. The minimum absolute atomic E-state index is 0.00353. The standard InChI is InChI=1S/C10H15FN2O2S/c11-8-2-1-3-12(6-8)4-5-13-9(14)7-16-10(13)15/h7-8,14H,1-6H2. The lowest BCUT2D eigenvalue weighted by Crippen LogP contribution is -2.38. The molecule has 16 heavy (non-hydrogen) atoms. The third-order valence-corrected chi connectivity index (χ3v) is 3.60. The predicted molar refractivity (Wildman–Crippen MR) is 60.8 cm³/mol. The summed E-state index contributed by atoms with van der Waals surface area (Å²) in [6.45, 7) is 2.37. The fourth-order valence-corrected chi connectivity index (χ4v) is 2.62. The largest absolute Gasteiger partial charge is 0.494 e. The summed E-state index contributed by atoms with van der Waals surface area (Å²) in [7, 11) is 0. The number of aromatic nitrogens is 1. The maximum atomic E-state index is 13.1. The van der Waals surface area contributed by atoms with Crippen LogP contribution in [0, 0.1) is 0 Å². The van der Waals surface area contributed by atoms with Crippen molar-refractivity contribution >= 4 is 11.3 Å². The van der Waals surface area contributed by atoms with Crippen LogP contribution in [0.25, 0.3) is 0 Å². The maximum Gasteiger partial charge on any atom is 0.310 e. The van der Waals surface area contributed by atoms with E-state index in [0.29, 0.717) is 26.1 Å². The van der Waals surface area contributed by atoms with Gasteiger partial charge >= 0.3 is 4.87 Å². The van der Waals surface area contributed by atoms with Gasteiger partial charge in [-0.25, -0.2) is 4.39 Å². The van der Waals surface area contributed by atoms with Crippen molar-refractivity contribution in [1.82, 2.24) is 9.47 Å². The van der Waals surface area contributed by atoms with E-state index in [0.717, 1.165) is 24.3 Å². The first-order valence-electron chi connectivity index (χ1n) is 5.40. The summed E-state index contributed by atoms with van der Waals surface area (Å²) >= 11 is 0.983. The third kappa shape index (κ3) is 2.62. The van der Waals surface area contributed by atoms with Gasteiger partial charge in [0, 0.05) is 19.6 Å². The number of likely N-dealkylation sites (tertiary alicyclic amines) is 1. The van der Waals surface area contributed by atoms with Gasteiger partial charge < -0.3 is 5.11 Å². The van der Waals surface area contributed by atoms with Crippen LogP contribution >= 0.6 is 11.3 Å². The fourth-order valence-electron chi connectivity index (χ4n) is 1.97. The van der Waals surface area contributed by atoms with E-state index in [9.17, 15) is 14.3 Å². The highest BCUT2D eigenvalue weighted by Crippen LogP contribution is 2.14. The molecule has 90 valence electrons. The van der Waals surface area contributed by atoms with Crippen LogP contribution in [-0.2, 0) is 6.54 Å². The van der Waals surface area contributed by atoms with Gasteiger partial charge in [0.2, 0.25) is 5.88 Å². The first-order valence-corrected chi connectivity index (χ1v) is 6.28. The number of thiazole rings is 1. The summed E-state index contributed by atoms with van der Waals surface area (Å²) in [5, 5.41) is 10.8. The molecule has 1 fully saturated rings. The van der Waals surface area contributed by atoms with E-state index < -0.39 is 6.17 Å². The molecule has 0 spiro atoms. The van der Waals surface area contributed by atoms with Crippen molar-refractivity contribution in [2.45, 2.75) is 25.6 Å². The summed E-state index contributed by atoms with van der Waals surface area (Å²) in [4.78, 5) is 13.1. The van der Waals surface area contributed by atoms with Crippen LogP contribution in [0.1, 0.15) is 12.8 Å². The van der Waals surface area contributed by atoms with E-state index in [1.807, 2.05) is 4.90 Å². The average Bonchev–Trinajstić information content (AvgIpc) is 2.56. The summed E-state index contributed by atoms with van der Waals surface area (Å²) in [6, 6.07) is 0. The maximum absolute atomic E-state index is 13.1. The summed E-state index contributed by atoms with van der Waals surface area (Å²) < 4.78 is 14.4. The van der Waals surface area contributed by atoms with Gasteiger partial charge in [0.15, 0.2) is 0 Å². The van der Waals surface area contributed by atoms with Crippen LogP contribution in [-0.4, -0.2) is 40.4 Å². The lowest BCUT2D eigenvalue weighted by Gasteiger charge is -2.28. The molecule has 0 bridgehead atoms. The van der Waals surface area contributed by atoms with E-state index >= 15 is 0 Å². The molecule has 0 amide bonds. The van der Waals surface area contributed by atoms with Gasteiger partial charge in [0.25, 0.3) is 0 Å². The molecule has 6 heteroatoms. The van der Waals surface area contributed by atoms with Crippen LogP contribution in [0.4, 0.5) is 4.39 Å². The van der Waals surface area contributed by atoms with E-state index in [-0.39, 0.29) is 10.8 Å². The van der Waals surface area contributed by atoms with Crippen molar-refractivity contribution in [2.75, 3.05) is 19.6 Å². The molecular formula is C10H15FN2O2S. The monoisotopic (exact) mass is 246 g/mol. The highest BCUT2D eigenvalue weighted by Gasteiger charge is 2.19. The van der Waals surface area contributed by atoms with E-state index in [4.69, 9.17) is 0 Å². The van der Waals surface area contributed by atoms with E-state index in [2.05, 4.69) is 0 Å². The summed E-state index contributed by atoms with van der Waals surface area (Å²) in [5.74, 6) is 0.00353. The number of rotatable bonds is 3. The minimum atomic E-state index is -0.749. The van der Waals surface area contributed by atoms with Gasteiger partial charge in [0.1, 0.15) is 6.17 Å². The molecule has 1 N–H and O–H groups in total. The lowest BCUT2D eigenvalue weighted by molar-refractivity contribution is 0.134. The minimum Gasteiger partial charge on any atom is -0.494 e. The van der Waals surface area contributed by atoms with Crippen LogP contribution < -0.4 is 4.87 Å². The average molecular weight is 246 g/mol. The number of alkyl halides is 1. The zero-order chi connectivity index (χ0) is 11.5. The molecule has 1 aliphatic heterocycles. The number of aromatic hydroxyl groups is 1. The zero-order valence-corrected chi connectivity index (χ0v) is 9.75. The Morgan fingerprint density at radius 2 is 2.38 bits per heavy atom. The topological polar surface area (TPSA) is 45.5 Å². The van der Waals surface area contributed by atoms with Crippen LogP contribution in [0.5, 0.6) is 5.88 Å². The fraction of sp³-hybridized carbons (Fsp3) is 0.700. The first-order chi connectivity index (χ1) is 7.66. The van der Waals surface area contributed by atoms with Crippen molar-refractivity contribution in [3.05, 3.63) is 15.0 Å². The van der Waals surface area contributed by atoms with E-state index in [1.54, 1.807) is 0 Å². The Morgan fingerprint density at radius 1 is 1.56 bits per heavy atom. The molecule has 1 aliphatic rings. The zero-order valence-electron chi connectivity index (χ0n) is 8.93. The van der Waals surface area contributed by atoms with Gasteiger partial charge in [0.05, 0.1) is 5.38 Å². The Bertz CT molecular complexity index is 404. The molecule has 0 radical (unpaired) electrons. The predicted octanol–water partition coefficient (Wildman–Crippen LogP) is 1.05. The van der Waals surface area contributed by atoms with Gasteiger partial charge in [-0.05, 0) is 19.4 Å². The van der Waals surface area contributed by atoms with Gasteiger partial charge in [-0.3, -0.25) is 14.3 Å². The Labute approximate surface area is 96.9 Å². The second-order valence-electron chi connectivity index (χ2n) is 4.05. The molecule has 2 rings (SSSR count). The van der Waals surface area contributed by atoms with Gasteiger partial charge in [-0.1, -0.05) is 11.3 Å². The summed E-state index contributed by atoms with van der Waals surface area (Å²) in [5.41, 5.74) is 0. The molecule has 1 aromatic rings. The number of piperidine rings is 1. The van der Waals surface area contributed by atoms with Crippen molar-refractivity contribution in [1.29, 1.82) is 0 Å². The molecule has 2 heterocycles. The molecule has 0 saturated carbocycles. The third-order valence-electron chi connectivity index (χ3n) is 2.85. The van der Waals surface area contributed by atoms with Gasteiger partial charge in [-0.2, -0.15) is 0 Å². The SMILES string of the molecule is O=c1scc(O)n1CCN1CCCC(F)C1. The Morgan fingerprint density at radius 3 is 3.00 bits per heavy atom. The van der Waals surface area contributed by atoms with Crippen LogP contribution in [0.15, 0.2) is 10.2 Å². The van der Waals surface area contributed by atoms with Gasteiger partial charge in [-0.15, -0.1) is 0 Å². The quantitative estimate of drug-likeness (QED) is 0.867. The molecule has 1 saturated heterocycles. The highest BCUT2D eigenvalue weighted by molar-refractivity contribution is 7.07. The van der Waals surface area contributed by atoms with Crippen molar-refractivity contribution < 1.29 is 9.50 Å². The molecule has 0 aromatic carbocycles. The van der Waals surface area contributed by atoms with Crippen molar-refractivity contribution in [3.8, 4) is 5.88 Å². The second-order valence-corrected chi connectivity index (χ2v) is 4.87.